The lowest BCUT2D eigenvalue weighted by Gasteiger charge is -2.14. The number of fused-ring (bicyclic) bond motifs is 1. The van der Waals surface area contributed by atoms with Crippen LogP contribution in [0.15, 0.2) is 11.1 Å². The van der Waals surface area contributed by atoms with Gasteiger partial charge in [-0.3, -0.25) is 10.0 Å². The third-order valence-corrected chi connectivity index (χ3v) is 2.50. The SMILES string of the molecule is NN1C=c2c(Cl)cc(Cl)c(O)c2=NC1. The molecule has 1 aliphatic heterocycles. The van der Waals surface area contributed by atoms with Crippen LogP contribution in [-0.2, 0) is 0 Å². The van der Waals surface area contributed by atoms with E-state index in [1.165, 1.54) is 11.1 Å². The van der Waals surface area contributed by atoms with Crippen LogP contribution in [0.4, 0.5) is 0 Å². The van der Waals surface area contributed by atoms with Crippen LogP contribution in [0.5, 0.6) is 5.75 Å². The average molecular weight is 232 g/mol. The molecule has 0 radical (unpaired) electrons. The zero-order valence-corrected chi connectivity index (χ0v) is 8.55. The van der Waals surface area contributed by atoms with E-state index in [-0.39, 0.29) is 17.4 Å². The van der Waals surface area contributed by atoms with E-state index in [2.05, 4.69) is 4.99 Å². The number of hydrogen-bond acceptors (Lipinski definition) is 4. The summed E-state index contributed by atoms with van der Waals surface area (Å²) in [4.78, 5) is 4.05. The van der Waals surface area contributed by atoms with Crippen LogP contribution in [0.25, 0.3) is 6.20 Å². The van der Waals surface area contributed by atoms with Gasteiger partial charge >= 0.3 is 0 Å². The third kappa shape index (κ3) is 1.41. The van der Waals surface area contributed by atoms with Gasteiger partial charge in [0.05, 0.1) is 10.0 Å². The van der Waals surface area contributed by atoms with Crippen molar-refractivity contribution in [2.75, 3.05) is 6.67 Å². The summed E-state index contributed by atoms with van der Waals surface area (Å²) in [5.41, 5.74) is 0. The topological polar surface area (TPSA) is 61.8 Å². The second kappa shape index (κ2) is 3.31. The zero-order chi connectivity index (χ0) is 10.3. The molecule has 0 aliphatic carbocycles. The number of hydrazine groups is 1. The van der Waals surface area contributed by atoms with Crippen molar-refractivity contribution in [2.24, 2.45) is 10.8 Å². The average Bonchev–Trinajstić information content (AvgIpc) is 2.14. The molecule has 1 aliphatic rings. The maximum Gasteiger partial charge on any atom is 0.160 e. The molecule has 0 fully saturated rings. The number of nitrogens with two attached hydrogens (primary N) is 1. The summed E-state index contributed by atoms with van der Waals surface area (Å²) in [7, 11) is 0. The maximum absolute atomic E-state index is 9.59. The number of aromatic hydroxyl groups is 1. The first-order valence-corrected chi connectivity index (χ1v) is 4.60. The van der Waals surface area contributed by atoms with Crippen LogP contribution < -0.4 is 16.4 Å². The van der Waals surface area contributed by atoms with Crippen molar-refractivity contribution in [3.63, 3.8) is 0 Å². The summed E-state index contributed by atoms with van der Waals surface area (Å²) in [5, 5.41) is 12.6. The van der Waals surface area contributed by atoms with Gasteiger partial charge in [0.15, 0.2) is 5.75 Å². The Morgan fingerprint density at radius 3 is 2.86 bits per heavy atom. The Kier molecular flexibility index (Phi) is 2.26. The molecule has 2 rings (SSSR count). The predicted molar refractivity (Wildman–Crippen MR) is 54.3 cm³/mol. The van der Waals surface area contributed by atoms with Gasteiger partial charge in [-0.25, -0.2) is 5.84 Å². The Bertz CT molecular complexity index is 500. The number of phenols is 1. The smallest absolute Gasteiger partial charge is 0.160 e. The van der Waals surface area contributed by atoms with Crippen molar-refractivity contribution in [1.82, 2.24) is 5.01 Å². The van der Waals surface area contributed by atoms with E-state index < -0.39 is 0 Å². The van der Waals surface area contributed by atoms with Crippen molar-refractivity contribution >= 4 is 29.4 Å². The molecule has 0 bridgehead atoms. The largest absolute Gasteiger partial charge is 0.504 e. The minimum atomic E-state index is -0.0598. The second-order valence-electron chi connectivity index (χ2n) is 2.89. The van der Waals surface area contributed by atoms with Crippen molar-refractivity contribution in [3.05, 3.63) is 26.7 Å². The van der Waals surface area contributed by atoms with Gasteiger partial charge in [0.25, 0.3) is 0 Å². The van der Waals surface area contributed by atoms with Crippen LogP contribution in [0, 0.1) is 0 Å². The molecule has 4 nitrogen and oxygen atoms in total. The molecule has 0 unspecified atom stereocenters. The first-order valence-electron chi connectivity index (χ1n) is 3.84. The summed E-state index contributed by atoms with van der Waals surface area (Å²) in [5.74, 6) is 5.46. The molecule has 74 valence electrons. The Morgan fingerprint density at radius 2 is 2.14 bits per heavy atom. The molecular formula is C8H7Cl2N3O. The molecular weight excluding hydrogens is 225 g/mol. The van der Waals surface area contributed by atoms with Crippen LogP contribution in [-0.4, -0.2) is 16.8 Å². The highest BCUT2D eigenvalue weighted by molar-refractivity contribution is 6.35. The normalized spacial score (nSPS) is 14.4. The lowest BCUT2D eigenvalue weighted by molar-refractivity contribution is 0.422. The van der Waals surface area contributed by atoms with Gasteiger partial charge in [-0.05, 0) is 6.07 Å². The summed E-state index contributed by atoms with van der Waals surface area (Å²) < 4.78 is 0. The Hall–Kier alpha value is -0.970. The second-order valence-corrected chi connectivity index (χ2v) is 3.71. The molecule has 0 amide bonds. The molecule has 1 aromatic rings. The Balaban J connectivity index is 2.89. The fourth-order valence-corrected chi connectivity index (χ4v) is 1.75. The van der Waals surface area contributed by atoms with E-state index >= 15 is 0 Å². The fourth-order valence-electron chi connectivity index (χ4n) is 1.25. The fraction of sp³-hybridized carbons (Fsp3) is 0.125. The molecule has 3 N–H and O–H groups in total. The van der Waals surface area contributed by atoms with Crippen LogP contribution >= 0.6 is 23.2 Å². The number of benzene rings is 1. The summed E-state index contributed by atoms with van der Waals surface area (Å²) >= 11 is 11.6. The van der Waals surface area contributed by atoms with Gasteiger partial charge in [0, 0.05) is 11.4 Å². The molecule has 1 heterocycles. The molecule has 14 heavy (non-hydrogen) atoms. The third-order valence-electron chi connectivity index (χ3n) is 1.90. The molecule has 1 aromatic carbocycles. The minimum absolute atomic E-state index is 0.0598. The van der Waals surface area contributed by atoms with E-state index in [0.29, 0.717) is 15.6 Å². The van der Waals surface area contributed by atoms with E-state index in [1.807, 2.05) is 0 Å². The minimum Gasteiger partial charge on any atom is -0.504 e. The van der Waals surface area contributed by atoms with Crippen molar-refractivity contribution in [2.45, 2.75) is 0 Å². The van der Waals surface area contributed by atoms with Crippen molar-refractivity contribution in [1.29, 1.82) is 0 Å². The molecule has 0 atom stereocenters. The standard InChI is InChI=1S/C8H7Cl2N3O/c9-5-1-6(10)8(14)7-4(5)2-13(11)3-12-7/h1-2,14H,3,11H2. The van der Waals surface area contributed by atoms with E-state index in [4.69, 9.17) is 29.0 Å². The number of rotatable bonds is 0. The maximum atomic E-state index is 9.59. The van der Waals surface area contributed by atoms with Crippen molar-refractivity contribution < 1.29 is 5.11 Å². The van der Waals surface area contributed by atoms with Gasteiger partial charge in [-0.2, -0.15) is 0 Å². The van der Waals surface area contributed by atoms with Gasteiger partial charge in [0.2, 0.25) is 0 Å². The molecule has 0 saturated carbocycles. The lowest BCUT2D eigenvalue weighted by atomic mass is 10.2. The highest BCUT2D eigenvalue weighted by atomic mass is 35.5. The summed E-state index contributed by atoms with van der Waals surface area (Å²) in [6, 6.07) is 1.46. The Morgan fingerprint density at radius 1 is 1.43 bits per heavy atom. The molecule has 0 spiro atoms. The van der Waals surface area contributed by atoms with Crippen LogP contribution in [0.1, 0.15) is 0 Å². The van der Waals surface area contributed by atoms with E-state index in [9.17, 15) is 5.11 Å². The Labute approximate surface area is 89.8 Å². The number of phenolic OH excluding ortho intramolecular Hbond substituents is 1. The lowest BCUT2D eigenvalue weighted by Crippen LogP contribution is -2.39. The quantitative estimate of drug-likeness (QED) is 0.628. The highest BCUT2D eigenvalue weighted by Gasteiger charge is 2.10. The number of nitrogens with zero attached hydrogens (tertiary/aromatic N) is 2. The summed E-state index contributed by atoms with van der Waals surface area (Å²) in [6.45, 7) is 0.275. The molecule has 0 saturated heterocycles. The van der Waals surface area contributed by atoms with Gasteiger partial charge in [-0.15, -0.1) is 0 Å². The van der Waals surface area contributed by atoms with Gasteiger partial charge in [0.1, 0.15) is 12.0 Å². The first kappa shape index (κ1) is 9.58. The predicted octanol–water partition coefficient (Wildman–Crippen LogP) is 0.203. The molecule has 0 aromatic heterocycles. The van der Waals surface area contributed by atoms with E-state index in [0.717, 1.165) is 0 Å². The summed E-state index contributed by atoms with van der Waals surface area (Å²) in [6.07, 6.45) is 1.61. The number of hydrogen-bond donors (Lipinski definition) is 2. The monoisotopic (exact) mass is 231 g/mol. The first-order chi connectivity index (χ1) is 6.59. The number of halogens is 2. The molecule has 6 heteroatoms. The zero-order valence-electron chi connectivity index (χ0n) is 7.04. The van der Waals surface area contributed by atoms with Gasteiger partial charge in [-0.1, -0.05) is 23.2 Å². The van der Waals surface area contributed by atoms with E-state index in [1.54, 1.807) is 6.20 Å². The van der Waals surface area contributed by atoms with Crippen LogP contribution in [0.3, 0.4) is 0 Å². The highest BCUT2D eigenvalue weighted by Crippen LogP contribution is 2.20. The van der Waals surface area contributed by atoms with Crippen LogP contribution in [0.2, 0.25) is 10.0 Å². The van der Waals surface area contributed by atoms with Gasteiger partial charge < -0.3 is 5.11 Å². The van der Waals surface area contributed by atoms with Crippen molar-refractivity contribution in [3.8, 4) is 5.75 Å².